The Morgan fingerprint density at radius 1 is 0.778 bits per heavy atom. The highest BCUT2D eigenvalue weighted by Crippen LogP contribution is 2.33. The largest absolute Gasteiger partial charge is 0.491 e. The zero-order valence-corrected chi connectivity index (χ0v) is 30.2. The number of amides is 3. The van der Waals surface area contributed by atoms with E-state index in [1.165, 1.54) is 0 Å². The predicted octanol–water partition coefficient (Wildman–Crippen LogP) is 4.33. The standard InChI is InChI=1S/C37H38N12O5/c1-5-48-27(14-21(3)44-48)34(51)42-36-40-25-16-23(20-38)17-29-31(25)46(36)10-7-8-11-47-32-26(18-24(33(39)50)19-30(32)54-13-9-12-53-29)41-37(47)43-35(52)28-15-22(4)45-49(28)6-2/h7-8,14-19H,5-6,9-13H2,1-4H3,(H2,39,50)(H,40,42,51)(H,41,43,52)/b8-7+. The molecule has 0 atom stereocenters. The molecule has 0 spiro atoms. The Bertz CT molecular complexity index is 2530. The second-order valence-electron chi connectivity index (χ2n) is 12.7. The molecule has 0 bridgehead atoms. The number of anilines is 2. The van der Waals surface area contributed by atoms with Crippen molar-refractivity contribution >= 4 is 51.7 Å². The molecule has 0 aliphatic carbocycles. The number of aromatic nitrogens is 8. The molecule has 17 nitrogen and oxygen atoms in total. The monoisotopic (exact) mass is 730 g/mol. The van der Waals surface area contributed by atoms with Crippen LogP contribution in [-0.4, -0.2) is 69.6 Å². The molecule has 1 aliphatic heterocycles. The van der Waals surface area contributed by atoms with E-state index >= 15 is 0 Å². The van der Waals surface area contributed by atoms with Gasteiger partial charge < -0.3 is 24.3 Å². The molecule has 2 aromatic carbocycles. The van der Waals surface area contributed by atoms with Crippen LogP contribution in [0.1, 0.15) is 68.6 Å². The number of nitrogens with zero attached hydrogens (tertiary/aromatic N) is 9. The Kier molecular flexibility index (Phi) is 9.57. The average molecular weight is 731 g/mol. The van der Waals surface area contributed by atoms with Gasteiger partial charge in [-0.3, -0.25) is 34.4 Å². The van der Waals surface area contributed by atoms with E-state index in [0.717, 1.165) is 0 Å². The van der Waals surface area contributed by atoms with E-state index in [-0.39, 0.29) is 43.8 Å². The van der Waals surface area contributed by atoms with Crippen molar-refractivity contribution in [3.05, 3.63) is 82.5 Å². The van der Waals surface area contributed by atoms with Crippen molar-refractivity contribution in [1.29, 1.82) is 5.26 Å². The number of allylic oxidation sites excluding steroid dienone is 2. The van der Waals surface area contributed by atoms with Crippen molar-refractivity contribution in [2.45, 2.75) is 60.3 Å². The molecule has 0 saturated carbocycles. The summed E-state index contributed by atoms with van der Waals surface area (Å²) < 4.78 is 19.3. The third-order valence-electron chi connectivity index (χ3n) is 8.89. The fourth-order valence-electron chi connectivity index (χ4n) is 6.49. The fourth-order valence-corrected chi connectivity index (χ4v) is 6.49. The fraction of sp³-hybridized carbons (Fsp3) is 0.297. The summed E-state index contributed by atoms with van der Waals surface area (Å²) in [5, 5.41) is 24.5. The van der Waals surface area contributed by atoms with Crippen molar-refractivity contribution in [2.75, 3.05) is 23.8 Å². The molecule has 4 N–H and O–H groups in total. The molecule has 1 aliphatic rings. The number of benzene rings is 2. The maximum absolute atomic E-state index is 13.6. The molecule has 0 saturated heterocycles. The first kappa shape index (κ1) is 35.4. The maximum Gasteiger partial charge on any atom is 0.276 e. The summed E-state index contributed by atoms with van der Waals surface area (Å²) in [6.45, 7) is 9.26. The van der Waals surface area contributed by atoms with Crippen LogP contribution < -0.4 is 25.8 Å². The molecule has 0 unspecified atom stereocenters. The zero-order valence-electron chi connectivity index (χ0n) is 30.2. The van der Waals surface area contributed by atoms with Crippen LogP contribution in [0.5, 0.6) is 11.5 Å². The van der Waals surface area contributed by atoms with Gasteiger partial charge in [-0.2, -0.15) is 15.5 Å². The smallest absolute Gasteiger partial charge is 0.276 e. The number of nitriles is 1. The molecule has 17 heteroatoms. The number of aryl methyl sites for hydroxylation is 4. The van der Waals surface area contributed by atoms with Crippen LogP contribution in [0.15, 0.2) is 48.6 Å². The SMILES string of the molecule is CCn1nc(C)cc1C(=O)Nc1nc2cc(C#N)cc3c2n1C/C=C/Cn1c(NC(=O)c2cc(C)nn2CC)nc2cc(C(N)=O)cc(c21)OCCCO3. The molecular formula is C37H38N12O5. The van der Waals surface area contributed by atoms with E-state index in [1.54, 1.807) is 50.3 Å². The average Bonchev–Trinajstić information content (AvgIpc) is 3.91. The first-order valence-electron chi connectivity index (χ1n) is 17.5. The number of primary amides is 1. The highest BCUT2D eigenvalue weighted by atomic mass is 16.5. The lowest BCUT2D eigenvalue weighted by molar-refractivity contribution is 0.0994. The van der Waals surface area contributed by atoms with Crippen molar-refractivity contribution in [3.8, 4) is 17.6 Å². The first-order valence-corrected chi connectivity index (χ1v) is 17.5. The van der Waals surface area contributed by atoms with Crippen LogP contribution in [-0.2, 0) is 26.2 Å². The predicted molar refractivity (Wildman–Crippen MR) is 199 cm³/mol. The number of nitrogens with one attached hydrogen (secondary N) is 2. The second kappa shape index (κ2) is 14.6. The van der Waals surface area contributed by atoms with Crippen molar-refractivity contribution in [2.24, 2.45) is 5.73 Å². The Balaban J connectivity index is 1.31. The molecule has 0 fully saturated rings. The highest BCUT2D eigenvalue weighted by Gasteiger charge is 2.23. The zero-order chi connectivity index (χ0) is 38.1. The van der Waals surface area contributed by atoms with Crippen LogP contribution in [0.3, 0.4) is 0 Å². The highest BCUT2D eigenvalue weighted by molar-refractivity contribution is 6.05. The Morgan fingerprint density at radius 3 is 1.76 bits per heavy atom. The number of carbonyl (C=O) groups excluding carboxylic acids is 3. The first-order chi connectivity index (χ1) is 26.1. The van der Waals surface area contributed by atoms with Gasteiger partial charge in [0.05, 0.1) is 47.3 Å². The summed E-state index contributed by atoms with van der Waals surface area (Å²) in [6, 6.07) is 12.0. The van der Waals surface area contributed by atoms with Gasteiger partial charge in [-0.1, -0.05) is 12.2 Å². The quantitative estimate of drug-likeness (QED) is 0.198. The Labute approximate surface area is 309 Å². The minimum Gasteiger partial charge on any atom is -0.491 e. The number of hydrogen-bond acceptors (Lipinski definition) is 10. The van der Waals surface area contributed by atoms with E-state index in [2.05, 4.69) is 26.9 Å². The molecule has 6 aromatic rings. The number of carbonyl (C=O) groups is 3. The van der Waals surface area contributed by atoms with Crippen LogP contribution in [0.25, 0.3) is 22.1 Å². The minimum atomic E-state index is -0.660. The van der Waals surface area contributed by atoms with Crippen molar-refractivity contribution in [1.82, 2.24) is 38.7 Å². The van der Waals surface area contributed by atoms with E-state index < -0.39 is 17.7 Å². The molecule has 54 heavy (non-hydrogen) atoms. The molecule has 276 valence electrons. The Hall–Kier alpha value is -6.96. The molecule has 7 rings (SSSR count). The Morgan fingerprint density at radius 2 is 1.28 bits per heavy atom. The summed E-state index contributed by atoms with van der Waals surface area (Å²) in [6.07, 6.45) is 4.17. The van der Waals surface area contributed by atoms with Gasteiger partial charge in [0, 0.05) is 44.2 Å². The summed E-state index contributed by atoms with van der Waals surface area (Å²) in [7, 11) is 0. The third-order valence-corrected chi connectivity index (χ3v) is 8.89. The number of imidazole rings is 2. The maximum atomic E-state index is 13.6. The van der Waals surface area contributed by atoms with E-state index in [0.29, 0.717) is 81.4 Å². The lowest BCUT2D eigenvalue weighted by atomic mass is 10.1. The molecule has 4 aromatic heterocycles. The second-order valence-corrected chi connectivity index (χ2v) is 12.7. The van der Waals surface area contributed by atoms with Crippen molar-refractivity contribution in [3.63, 3.8) is 0 Å². The number of hydrogen-bond donors (Lipinski definition) is 3. The molecule has 3 amide bonds. The topological polar surface area (TPSA) is 215 Å². The van der Waals surface area contributed by atoms with Crippen LogP contribution in [0, 0.1) is 25.2 Å². The van der Waals surface area contributed by atoms with Crippen molar-refractivity contribution < 1.29 is 23.9 Å². The summed E-state index contributed by atoms with van der Waals surface area (Å²) >= 11 is 0. The van der Waals surface area contributed by atoms with Gasteiger partial charge in [0.2, 0.25) is 17.8 Å². The lowest BCUT2D eigenvalue weighted by Crippen LogP contribution is -2.20. The number of nitrogens with two attached hydrogens (primary N) is 1. The van der Waals surface area contributed by atoms with Gasteiger partial charge in [-0.05, 0) is 58.0 Å². The van der Waals surface area contributed by atoms with Gasteiger partial charge in [0.25, 0.3) is 11.8 Å². The lowest BCUT2D eigenvalue weighted by Gasteiger charge is -2.13. The van der Waals surface area contributed by atoms with Crippen LogP contribution in [0.2, 0.25) is 0 Å². The number of rotatable bonds is 7. The molecular weight excluding hydrogens is 692 g/mol. The van der Waals surface area contributed by atoms with E-state index in [4.69, 9.17) is 25.2 Å². The minimum absolute atomic E-state index is 0.182. The van der Waals surface area contributed by atoms with E-state index in [9.17, 15) is 19.6 Å². The molecule has 5 heterocycles. The van der Waals surface area contributed by atoms with Crippen LogP contribution >= 0.6 is 0 Å². The van der Waals surface area contributed by atoms with Gasteiger partial charge >= 0.3 is 0 Å². The summed E-state index contributed by atoms with van der Waals surface area (Å²) in [5.41, 5.74) is 10.4. The van der Waals surface area contributed by atoms with E-state index in [1.807, 2.05) is 44.4 Å². The normalized spacial score (nSPS) is 13.7. The third kappa shape index (κ3) is 6.72. The van der Waals surface area contributed by atoms with Gasteiger partial charge in [-0.15, -0.1) is 0 Å². The van der Waals surface area contributed by atoms with Crippen LogP contribution in [0.4, 0.5) is 11.9 Å². The van der Waals surface area contributed by atoms with Gasteiger partial charge in [-0.25, -0.2) is 9.97 Å². The number of ether oxygens (including phenoxy) is 2. The summed E-state index contributed by atoms with van der Waals surface area (Å²) in [5.74, 6) is -0.232. The molecule has 0 radical (unpaired) electrons. The van der Waals surface area contributed by atoms with Gasteiger partial charge in [0.1, 0.15) is 33.9 Å². The summed E-state index contributed by atoms with van der Waals surface area (Å²) in [4.78, 5) is 49.0. The van der Waals surface area contributed by atoms with Gasteiger partial charge in [0.15, 0.2) is 0 Å².